The number of benzene rings is 2. The normalized spacial score (nSPS) is 15.5. The molecule has 1 aliphatic rings. The van der Waals surface area contributed by atoms with Crippen molar-refractivity contribution in [2.75, 3.05) is 0 Å². The molecule has 0 fully saturated rings. The largest absolute Gasteiger partial charge is 0.311 e. The maximum atomic E-state index is 6.56. The summed E-state index contributed by atoms with van der Waals surface area (Å²) in [6.45, 7) is -2.67. The molecule has 0 aliphatic carbocycles. The lowest BCUT2D eigenvalue weighted by atomic mass is 10.1. The van der Waals surface area contributed by atoms with Gasteiger partial charge in [0.15, 0.2) is 0 Å². The smallest absolute Gasteiger partial charge is 0.134 e. The predicted molar refractivity (Wildman–Crippen MR) is 78.6 cm³/mol. The van der Waals surface area contributed by atoms with Gasteiger partial charge >= 0.3 is 6.69 Å². The van der Waals surface area contributed by atoms with E-state index in [0.717, 1.165) is 21.5 Å². The third-order valence-corrected chi connectivity index (χ3v) is 8.02. The Morgan fingerprint density at radius 1 is 0.706 bits per heavy atom. The van der Waals surface area contributed by atoms with E-state index in [1.165, 1.54) is 0 Å². The predicted octanol–water partition coefficient (Wildman–Crippen LogP) is 4.01. The van der Waals surface area contributed by atoms with Crippen molar-refractivity contribution >= 4 is 62.4 Å². The molecule has 2 aromatic rings. The van der Waals surface area contributed by atoms with Gasteiger partial charge in [-0.1, -0.05) is 35.3 Å². The van der Waals surface area contributed by atoms with Crippen LogP contribution in [-0.2, 0) is 0 Å². The fourth-order valence-electron chi connectivity index (χ4n) is 2.17. The molecule has 0 nitrogen and oxygen atoms in total. The average Bonchev–Trinajstić information content (AvgIpc) is 2.49. The third-order valence-electron chi connectivity index (χ3n) is 2.93. The Labute approximate surface area is 119 Å². The highest BCUT2D eigenvalue weighted by Crippen LogP contribution is 2.34. The van der Waals surface area contributed by atoms with Gasteiger partial charge in [-0.2, -0.15) is 0 Å². The summed E-state index contributed by atoms with van der Waals surface area (Å²) in [6.07, 6.45) is 0. The zero-order chi connectivity index (χ0) is 12.2. The van der Waals surface area contributed by atoms with Gasteiger partial charge in [-0.3, -0.25) is 0 Å². The lowest BCUT2D eigenvalue weighted by Gasteiger charge is -2.12. The molecule has 0 saturated heterocycles. The fourth-order valence-corrected chi connectivity index (χ4v) is 6.65. The Balaban J connectivity index is 2.37. The van der Waals surface area contributed by atoms with Gasteiger partial charge in [-0.25, -0.2) is 0 Å². The van der Waals surface area contributed by atoms with Crippen molar-refractivity contribution in [3.63, 3.8) is 0 Å². The molecule has 0 unspecified atom stereocenters. The first-order chi connectivity index (χ1) is 8.00. The molecule has 0 spiro atoms. The van der Waals surface area contributed by atoms with E-state index in [-0.39, 0.29) is 0 Å². The summed E-state index contributed by atoms with van der Waals surface area (Å²) in [4.78, 5) is 0. The van der Waals surface area contributed by atoms with E-state index >= 15 is 0 Å². The first-order valence-electron chi connectivity index (χ1n) is 4.98. The Morgan fingerprint density at radius 2 is 1.12 bits per heavy atom. The van der Waals surface area contributed by atoms with E-state index in [9.17, 15) is 0 Å². The van der Waals surface area contributed by atoms with E-state index in [0.29, 0.717) is 10.0 Å². The quantitative estimate of drug-likeness (QED) is 0.508. The van der Waals surface area contributed by atoms with Crippen LogP contribution >= 0.6 is 45.4 Å². The summed E-state index contributed by atoms with van der Waals surface area (Å²) in [6, 6.07) is 11.3. The summed E-state index contributed by atoms with van der Waals surface area (Å²) in [7, 11) is 0. The van der Waals surface area contributed by atoms with Crippen molar-refractivity contribution in [1.82, 2.24) is 0 Å². The van der Waals surface area contributed by atoms with Crippen LogP contribution in [0, 0.1) is 0 Å². The van der Waals surface area contributed by atoms with E-state index in [2.05, 4.69) is 0 Å². The van der Waals surface area contributed by atoms with Crippen LogP contribution < -0.4 is 10.4 Å². The summed E-state index contributed by atoms with van der Waals surface area (Å²) in [5.74, 6) is 0. The molecular weight excluding hydrogens is 314 g/mol. The van der Waals surface area contributed by atoms with Crippen LogP contribution in [0.3, 0.4) is 0 Å². The molecule has 5 heteroatoms. The van der Waals surface area contributed by atoms with Crippen LogP contribution in [0.15, 0.2) is 36.4 Å². The molecule has 0 radical (unpaired) electrons. The SMILES string of the molecule is Clc1ccc2c(c1)[Si](Cl)(Cl)c1cc(Cl)ccc1-2. The van der Waals surface area contributed by atoms with Gasteiger partial charge in [0.05, 0.1) is 0 Å². The standard InChI is InChI=1S/C12H6Cl4Si/c13-7-1-3-9-10-4-2-8(14)6-12(10)17(15,16)11(9)5-7/h1-6H. The molecule has 1 aliphatic heterocycles. The topological polar surface area (TPSA) is 0 Å². The van der Waals surface area contributed by atoms with Crippen LogP contribution in [0.1, 0.15) is 0 Å². The van der Waals surface area contributed by atoms with Gasteiger partial charge in [-0.15, -0.1) is 22.2 Å². The monoisotopic (exact) mass is 318 g/mol. The van der Waals surface area contributed by atoms with E-state index < -0.39 is 6.69 Å². The van der Waals surface area contributed by atoms with Gasteiger partial charge in [0.25, 0.3) is 0 Å². The van der Waals surface area contributed by atoms with Gasteiger partial charge < -0.3 is 0 Å². The summed E-state index contributed by atoms with van der Waals surface area (Å²) < 4.78 is 0. The lowest BCUT2D eigenvalue weighted by Crippen LogP contribution is -2.44. The van der Waals surface area contributed by atoms with Crippen molar-refractivity contribution in [2.45, 2.75) is 0 Å². The Morgan fingerprint density at radius 3 is 1.53 bits per heavy atom. The van der Waals surface area contributed by atoms with Crippen LogP contribution in [0.2, 0.25) is 10.0 Å². The number of halogens is 4. The van der Waals surface area contributed by atoms with E-state index in [1.807, 2.05) is 36.4 Å². The Hall–Kier alpha value is -0.183. The molecule has 0 saturated carbocycles. The third kappa shape index (κ3) is 1.73. The highest BCUT2D eigenvalue weighted by atomic mass is 35.7. The Bertz CT molecular complexity index is 568. The summed E-state index contributed by atoms with van der Waals surface area (Å²) >= 11 is 25.1. The van der Waals surface area contributed by atoms with Crippen LogP contribution in [0.4, 0.5) is 0 Å². The van der Waals surface area contributed by atoms with Gasteiger partial charge in [0.1, 0.15) is 0 Å². The van der Waals surface area contributed by atoms with Gasteiger partial charge in [-0.05, 0) is 45.8 Å². The zero-order valence-electron chi connectivity index (χ0n) is 8.48. The van der Waals surface area contributed by atoms with E-state index in [4.69, 9.17) is 45.4 Å². The molecule has 3 rings (SSSR count). The molecule has 17 heavy (non-hydrogen) atoms. The molecule has 1 heterocycles. The number of hydrogen-bond acceptors (Lipinski definition) is 0. The zero-order valence-corrected chi connectivity index (χ0v) is 12.5. The number of hydrogen-bond donors (Lipinski definition) is 0. The Kier molecular flexibility index (Phi) is 2.73. The van der Waals surface area contributed by atoms with Gasteiger partial charge in [0.2, 0.25) is 0 Å². The van der Waals surface area contributed by atoms with Crippen molar-refractivity contribution in [3.05, 3.63) is 46.4 Å². The minimum Gasteiger partial charge on any atom is -0.134 e. The highest BCUT2D eigenvalue weighted by molar-refractivity contribution is 7.57. The lowest BCUT2D eigenvalue weighted by molar-refractivity contribution is 1.70. The average molecular weight is 320 g/mol. The second kappa shape index (κ2) is 3.91. The summed E-state index contributed by atoms with van der Waals surface area (Å²) in [5.41, 5.74) is 2.13. The van der Waals surface area contributed by atoms with E-state index in [1.54, 1.807) is 0 Å². The molecule has 0 aromatic heterocycles. The first-order valence-corrected chi connectivity index (χ1v) is 9.76. The van der Waals surface area contributed by atoms with Crippen molar-refractivity contribution in [2.24, 2.45) is 0 Å². The molecule has 2 aromatic carbocycles. The fraction of sp³-hybridized carbons (Fsp3) is 0. The minimum absolute atomic E-state index is 0.654. The molecule has 0 amide bonds. The van der Waals surface area contributed by atoms with Crippen molar-refractivity contribution in [1.29, 1.82) is 0 Å². The molecule has 0 bridgehead atoms. The minimum atomic E-state index is -2.67. The maximum absolute atomic E-state index is 6.56. The van der Waals surface area contributed by atoms with Gasteiger partial charge in [0, 0.05) is 10.0 Å². The van der Waals surface area contributed by atoms with Crippen LogP contribution in [0.5, 0.6) is 0 Å². The summed E-state index contributed by atoms with van der Waals surface area (Å²) in [5, 5.41) is 3.21. The molecule has 0 N–H and O–H groups in total. The maximum Gasteiger partial charge on any atom is 0.311 e. The second-order valence-electron chi connectivity index (χ2n) is 3.95. The van der Waals surface area contributed by atoms with Crippen LogP contribution in [0.25, 0.3) is 11.1 Å². The molecular formula is C12H6Cl4Si. The van der Waals surface area contributed by atoms with Crippen LogP contribution in [-0.4, -0.2) is 6.69 Å². The number of rotatable bonds is 0. The number of fused-ring (bicyclic) bond motifs is 3. The van der Waals surface area contributed by atoms with Crippen molar-refractivity contribution in [3.8, 4) is 11.1 Å². The van der Waals surface area contributed by atoms with Crippen molar-refractivity contribution < 1.29 is 0 Å². The molecule has 0 atom stereocenters. The molecule has 86 valence electrons. The highest BCUT2D eigenvalue weighted by Gasteiger charge is 2.43. The first kappa shape index (κ1) is 11.9. The second-order valence-corrected chi connectivity index (χ2v) is 11.0.